The first-order valence-electron chi connectivity index (χ1n) is 9.44. The second kappa shape index (κ2) is 10.5. The number of hydrogen-bond donors (Lipinski definition) is 2. The molecule has 0 spiro atoms. The molecule has 0 bridgehead atoms. The van der Waals surface area contributed by atoms with E-state index in [4.69, 9.17) is 9.26 Å². The van der Waals surface area contributed by atoms with Crippen molar-refractivity contribution >= 4 is 5.96 Å². The summed E-state index contributed by atoms with van der Waals surface area (Å²) in [7, 11) is 1.71. The largest absolute Gasteiger partial charge is 0.486 e. The summed E-state index contributed by atoms with van der Waals surface area (Å²) in [6.07, 6.45) is 2.18. The Morgan fingerprint density at radius 3 is 2.63 bits per heavy atom. The SMILES string of the molecule is CCc1noc(CC)c1CNC(=NC)NCC(CC)Oc1ccccc1F. The first kappa shape index (κ1) is 20.7. The van der Waals surface area contributed by atoms with Crippen molar-refractivity contribution in [2.45, 2.75) is 52.7 Å². The molecule has 1 unspecified atom stereocenters. The number of rotatable bonds is 9. The Hall–Kier alpha value is -2.57. The van der Waals surface area contributed by atoms with Gasteiger partial charge in [-0.1, -0.05) is 38.1 Å². The number of ether oxygens (including phenoxy) is 1. The average Bonchev–Trinajstić information content (AvgIpc) is 3.10. The van der Waals surface area contributed by atoms with Gasteiger partial charge in [-0.3, -0.25) is 4.99 Å². The van der Waals surface area contributed by atoms with Crippen molar-refractivity contribution in [3.05, 3.63) is 47.1 Å². The maximum Gasteiger partial charge on any atom is 0.191 e. The number of para-hydroxylation sites is 1. The average molecular weight is 376 g/mol. The third kappa shape index (κ3) is 5.70. The second-order valence-corrected chi connectivity index (χ2v) is 6.12. The Labute approximate surface area is 160 Å². The lowest BCUT2D eigenvalue weighted by atomic mass is 10.1. The highest BCUT2D eigenvalue weighted by Gasteiger charge is 2.15. The van der Waals surface area contributed by atoms with Crippen molar-refractivity contribution < 1.29 is 13.7 Å². The lowest BCUT2D eigenvalue weighted by molar-refractivity contribution is 0.191. The molecule has 0 fully saturated rings. The number of halogens is 1. The first-order valence-corrected chi connectivity index (χ1v) is 9.44. The Kier molecular flexibility index (Phi) is 8.10. The van der Waals surface area contributed by atoms with Gasteiger partial charge in [-0.15, -0.1) is 0 Å². The molecule has 2 aromatic rings. The summed E-state index contributed by atoms with van der Waals surface area (Å²) in [5, 5.41) is 10.6. The van der Waals surface area contributed by atoms with Crippen molar-refractivity contribution in [2.75, 3.05) is 13.6 Å². The number of aromatic nitrogens is 1. The molecule has 148 valence electrons. The molecular weight excluding hydrogens is 347 g/mol. The quantitative estimate of drug-likeness (QED) is 0.518. The van der Waals surface area contributed by atoms with Crippen LogP contribution in [-0.2, 0) is 19.4 Å². The van der Waals surface area contributed by atoms with E-state index in [-0.39, 0.29) is 17.7 Å². The van der Waals surface area contributed by atoms with Crippen molar-refractivity contribution in [1.82, 2.24) is 15.8 Å². The number of aryl methyl sites for hydroxylation is 2. The smallest absolute Gasteiger partial charge is 0.191 e. The predicted molar refractivity (Wildman–Crippen MR) is 105 cm³/mol. The molecule has 0 amide bonds. The van der Waals surface area contributed by atoms with Crippen molar-refractivity contribution in [2.24, 2.45) is 4.99 Å². The fraction of sp³-hybridized carbons (Fsp3) is 0.500. The molecule has 7 heteroatoms. The van der Waals surface area contributed by atoms with Gasteiger partial charge >= 0.3 is 0 Å². The van der Waals surface area contributed by atoms with Gasteiger partial charge in [0.25, 0.3) is 0 Å². The van der Waals surface area contributed by atoms with Crippen LogP contribution in [0.15, 0.2) is 33.8 Å². The van der Waals surface area contributed by atoms with Crippen LogP contribution in [-0.4, -0.2) is 30.8 Å². The summed E-state index contributed by atoms with van der Waals surface area (Å²) < 4.78 is 24.9. The fourth-order valence-corrected chi connectivity index (χ4v) is 2.73. The van der Waals surface area contributed by atoms with E-state index >= 15 is 0 Å². The van der Waals surface area contributed by atoms with Crippen LogP contribution >= 0.6 is 0 Å². The minimum Gasteiger partial charge on any atom is -0.486 e. The van der Waals surface area contributed by atoms with Crippen LogP contribution in [0.2, 0.25) is 0 Å². The molecule has 0 radical (unpaired) electrons. The minimum atomic E-state index is -0.356. The van der Waals surface area contributed by atoms with E-state index in [9.17, 15) is 4.39 Å². The number of nitrogens with zero attached hydrogens (tertiary/aromatic N) is 2. The summed E-state index contributed by atoms with van der Waals surface area (Å²) in [6.45, 7) is 7.19. The number of nitrogens with one attached hydrogen (secondary N) is 2. The van der Waals surface area contributed by atoms with Gasteiger partial charge in [0.15, 0.2) is 17.5 Å². The summed E-state index contributed by atoms with van der Waals surface area (Å²) in [6, 6.07) is 6.43. The zero-order valence-corrected chi connectivity index (χ0v) is 16.5. The van der Waals surface area contributed by atoms with Gasteiger partial charge in [0.2, 0.25) is 0 Å². The third-order valence-corrected chi connectivity index (χ3v) is 4.35. The Balaban J connectivity index is 1.91. The minimum absolute atomic E-state index is 0.173. The van der Waals surface area contributed by atoms with E-state index in [0.717, 1.165) is 36.3 Å². The van der Waals surface area contributed by atoms with Crippen LogP contribution in [0.25, 0.3) is 0 Å². The monoisotopic (exact) mass is 376 g/mol. The summed E-state index contributed by atoms with van der Waals surface area (Å²) in [4.78, 5) is 4.24. The van der Waals surface area contributed by atoms with Crippen LogP contribution < -0.4 is 15.4 Å². The summed E-state index contributed by atoms with van der Waals surface area (Å²) >= 11 is 0. The molecule has 0 saturated heterocycles. The van der Waals surface area contributed by atoms with Gasteiger partial charge in [-0.2, -0.15) is 0 Å². The Morgan fingerprint density at radius 2 is 2.00 bits per heavy atom. The molecule has 2 N–H and O–H groups in total. The van der Waals surface area contributed by atoms with E-state index in [1.165, 1.54) is 6.07 Å². The third-order valence-electron chi connectivity index (χ3n) is 4.35. The summed E-state index contributed by atoms with van der Waals surface area (Å²) in [5.41, 5.74) is 2.04. The second-order valence-electron chi connectivity index (χ2n) is 6.12. The number of aliphatic imine (C=N–C) groups is 1. The molecule has 0 saturated carbocycles. The maximum absolute atomic E-state index is 13.8. The normalized spacial score (nSPS) is 12.7. The van der Waals surface area contributed by atoms with Crippen molar-refractivity contribution in [3.8, 4) is 5.75 Å². The standard InChI is InChI=1S/C20H29FN4O2/c1-5-14(26-19-11-9-8-10-16(19)21)12-23-20(22-4)24-13-15-17(6-2)25-27-18(15)7-3/h8-11,14H,5-7,12-13H2,1-4H3,(H2,22,23,24). The van der Waals surface area contributed by atoms with Crippen LogP contribution in [0.1, 0.15) is 44.2 Å². The highest BCUT2D eigenvalue weighted by molar-refractivity contribution is 5.79. The summed E-state index contributed by atoms with van der Waals surface area (Å²) in [5.74, 6) is 1.45. The topological polar surface area (TPSA) is 71.7 Å². The van der Waals surface area contributed by atoms with E-state index in [2.05, 4.69) is 27.7 Å². The van der Waals surface area contributed by atoms with Crippen molar-refractivity contribution in [3.63, 3.8) is 0 Å². The fourth-order valence-electron chi connectivity index (χ4n) is 2.73. The van der Waals surface area contributed by atoms with Crippen LogP contribution in [0, 0.1) is 5.82 Å². The lowest BCUT2D eigenvalue weighted by Gasteiger charge is -2.20. The Morgan fingerprint density at radius 1 is 1.22 bits per heavy atom. The van der Waals surface area contributed by atoms with E-state index in [1.807, 2.05) is 13.8 Å². The van der Waals surface area contributed by atoms with Crippen LogP contribution in [0.4, 0.5) is 4.39 Å². The predicted octanol–water partition coefficient (Wildman–Crippen LogP) is 3.46. The van der Waals surface area contributed by atoms with E-state index in [1.54, 1.807) is 25.2 Å². The van der Waals surface area contributed by atoms with Gasteiger partial charge in [0.1, 0.15) is 11.9 Å². The molecule has 2 rings (SSSR count). The van der Waals surface area contributed by atoms with Crippen LogP contribution in [0.5, 0.6) is 5.75 Å². The highest BCUT2D eigenvalue weighted by atomic mass is 19.1. The zero-order valence-electron chi connectivity index (χ0n) is 16.5. The van der Waals surface area contributed by atoms with Gasteiger partial charge in [-0.25, -0.2) is 4.39 Å². The number of hydrogen-bond acceptors (Lipinski definition) is 4. The Bertz CT molecular complexity index is 724. The molecule has 0 aliphatic heterocycles. The number of benzene rings is 1. The molecule has 6 nitrogen and oxygen atoms in total. The van der Waals surface area contributed by atoms with Gasteiger partial charge in [0.05, 0.1) is 12.2 Å². The molecule has 1 heterocycles. The van der Waals surface area contributed by atoms with E-state index in [0.29, 0.717) is 19.0 Å². The van der Waals surface area contributed by atoms with Gasteiger partial charge < -0.3 is 19.9 Å². The first-order chi connectivity index (χ1) is 13.1. The maximum atomic E-state index is 13.8. The number of guanidine groups is 1. The van der Waals surface area contributed by atoms with Gasteiger partial charge in [0, 0.05) is 25.6 Å². The molecule has 0 aliphatic rings. The molecular formula is C20H29FN4O2. The van der Waals surface area contributed by atoms with Crippen LogP contribution in [0.3, 0.4) is 0 Å². The van der Waals surface area contributed by atoms with Gasteiger partial charge in [-0.05, 0) is 25.0 Å². The molecule has 1 aromatic heterocycles. The van der Waals surface area contributed by atoms with Crippen molar-refractivity contribution in [1.29, 1.82) is 0 Å². The molecule has 1 atom stereocenters. The zero-order chi connectivity index (χ0) is 19.6. The lowest BCUT2D eigenvalue weighted by Crippen LogP contribution is -2.42. The molecule has 0 aliphatic carbocycles. The van der Waals surface area contributed by atoms with E-state index < -0.39 is 0 Å². The molecule has 1 aromatic carbocycles. The molecule has 27 heavy (non-hydrogen) atoms. The highest BCUT2D eigenvalue weighted by Crippen LogP contribution is 2.18.